The molecule has 2 amide bonds. The van der Waals surface area contributed by atoms with Gasteiger partial charge >= 0.3 is 0 Å². The zero-order valence-corrected chi connectivity index (χ0v) is 25.9. The number of aryl methyl sites for hydroxylation is 1. The van der Waals surface area contributed by atoms with Crippen molar-refractivity contribution >= 4 is 61.7 Å². The number of amides is 2. The van der Waals surface area contributed by atoms with Crippen LogP contribution >= 0.6 is 22.9 Å². The Labute approximate surface area is 255 Å². The number of halogens is 1. The van der Waals surface area contributed by atoms with Gasteiger partial charge in [-0.25, -0.2) is 13.3 Å². The van der Waals surface area contributed by atoms with Crippen LogP contribution in [0.5, 0.6) is 0 Å². The fourth-order valence-electron chi connectivity index (χ4n) is 5.43. The average molecular weight is 628 g/mol. The van der Waals surface area contributed by atoms with Gasteiger partial charge in [-0.2, -0.15) is 0 Å². The van der Waals surface area contributed by atoms with Gasteiger partial charge < -0.3 is 10.2 Å². The molecule has 0 aliphatic carbocycles. The Kier molecular flexibility index (Phi) is 9.47. The number of thiophene rings is 1. The number of piperidine rings is 1. The number of ketones is 1. The lowest BCUT2D eigenvalue weighted by molar-refractivity contribution is -0.118. The van der Waals surface area contributed by atoms with E-state index in [0.717, 1.165) is 41.4 Å². The van der Waals surface area contributed by atoms with Crippen LogP contribution in [0.3, 0.4) is 0 Å². The second kappa shape index (κ2) is 13.1. The van der Waals surface area contributed by atoms with Crippen molar-refractivity contribution in [2.45, 2.75) is 49.7 Å². The fraction of sp³-hybridized carbons (Fsp3) is 0.387. The lowest BCUT2D eigenvalue weighted by Crippen LogP contribution is -2.42. The fourth-order valence-corrected chi connectivity index (χ4v) is 8.44. The van der Waals surface area contributed by atoms with E-state index in [0.29, 0.717) is 32.3 Å². The zero-order valence-electron chi connectivity index (χ0n) is 23.5. The SMILES string of the molecule is Cc1sc(S(=O)(=O)CC(=O)Cc2ccc(N3C(=O)Cc4cc(NCCCN5CCCCC5)ccc4C3=O)cc2)cc1Cl. The maximum absolute atomic E-state index is 13.3. The monoisotopic (exact) mass is 627 g/mol. The van der Waals surface area contributed by atoms with Crippen molar-refractivity contribution in [2.75, 3.05) is 42.1 Å². The summed E-state index contributed by atoms with van der Waals surface area (Å²) in [4.78, 5) is 43.3. The molecular formula is C31H34ClN3O5S2. The first-order valence-corrected chi connectivity index (χ1v) is 17.0. The molecule has 11 heteroatoms. The average Bonchev–Trinajstić information content (AvgIpc) is 3.31. The van der Waals surface area contributed by atoms with Gasteiger partial charge in [-0.05, 0) is 93.3 Å². The van der Waals surface area contributed by atoms with E-state index in [-0.39, 0.29) is 23.0 Å². The second-order valence-electron chi connectivity index (χ2n) is 10.9. The molecule has 0 radical (unpaired) electrons. The van der Waals surface area contributed by atoms with E-state index in [2.05, 4.69) is 10.2 Å². The van der Waals surface area contributed by atoms with Crippen molar-refractivity contribution in [1.29, 1.82) is 0 Å². The smallest absolute Gasteiger partial charge is 0.265 e. The number of rotatable bonds is 11. The number of nitrogens with one attached hydrogen (secondary N) is 1. The minimum absolute atomic E-state index is 0.0758. The summed E-state index contributed by atoms with van der Waals surface area (Å²) in [7, 11) is -3.78. The van der Waals surface area contributed by atoms with Gasteiger partial charge in [-0.3, -0.25) is 14.4 Å². The minimum atomic E-state index is -3.78. The number of Topliss-reactive ketones (excluding diaryl/α,β-unsaturated/α-hetero) is 1. The number of nitrogens with zero attached hydrogens (tertiary/aromatic N) is 2. The van der Waals surface area contributed by atoms with Crippen LogP contribution in [-0.4, -0.2) is 62.8 Å². The molecule has 2 aliphatic heterocycles. The molecule has 3 heterocycles. The molecule has 3 aromatic rings. The van der Waals surface area contributed by atoms with Gasteiger partial charge in [0.25, 0.3) is 5.91 Å². The van der Waals surface area contributed by atoms with Crippen LogP contribution in [0.2, 0.25) is 5.02 Å². The number of hydrogen-bond donors (Lipinski definition) is 1. The topological polar surface area (TPSA) is 104 Å². The van der Waals surface area contributed by atoms with E-state index in [1.807, 2.05) is 12.1 Å². The first-order chi connectivity index (χ1) is 20.1. The minimum Gasteiger partial charge on any atom is -0.385 e. The van der Waals surface area contributed by atoms with Gasteiger partial charge in [0.15, 0.2) is 15.6 Å². The number of benzene rings is 2. The molecule has 0 atom stereocenters. The van der Waals surface area contributed by atoms with Crippen molar-refractivity contribution in [1.82, 2.24) is 4.90 Å². The number of likely N-dealkylation sites (tertiary alicyclic amines) is 1. The first-order valence-electron chi connectivity index (χ1n) is 14.2. The molecule has 8 nitrogen and oxygen atoms in total. The number of carbonyl (C=O) groups is 3. The number of fused-ring (bicyclic) bond motifs is 1. The summed E-state index contributed by atoms with van der Waals surface area (Å²) in [5.74, 6) is -1.80. The van der Waals surface area contributed by atoms with Gasteiger partial charge in [0.2, 0.25) is 5.91 Å². The highest BCUT2D eigenvalue weighted by molar-refractivity contribution is 7.94. The maximum Gasteiger partial charge on any atom is 0.265 e. The molecule has 0 unspecified atom stereocenters. The van der Waals surface area contributed by atoms with Crippen LogP contribution in [0.25, 0.3) is 0 Å². The molecule has 2 aromatic carbocycles. The molecule has 0 spiro atoms. The summed E-state index contributed by atoms with van der Waals surface area (Å²) >= 11 is 7.03. The molecule has 1 N–H and O–H groups in total. The predicted molar refractivity (Wildman–Crippen MR) is 167 cm³/mol. The molecular weight excluding hydrogens is 594 g/mol. The standard InChI is InChI=1S/C31H34ClN3O5S2/c1-21-28(32)19-30(41-21)42(39,40)20-26(36)16-22-6-9-25(10-7-22)35-29(37)18-23-17-24(8-11-27(23)31(35)38)33-12-5-15-34-13-3-2-4-14-34/h6-11,17,19,33H,2-5,12-16,18,20H2,1H3. The predicted octanol–water partition coefficient (Wildman–Crippen LogP) is 5.31. The third-order valence-electron chi connectivity index (χ3n) is 7.65. The summed E-state index contributed by atoms with van der Waals surface area (Å²) in [6.45, 7) is 5.97. The Hall–Kier alpha value is -3.05. The number of sulfone groups is 1. The van der Waals surface area contributed by atoms with Gasteiger partial charge in [0, 0.05) is 29.1 Å². The van der Waals surface area contributed by atoms with Gasteiger partial charge in [-0.15, -0.1) is 11.3 Å². The highest BCUT2D eigenvalue weighted by Gasteiger charge is 2.32. The van der Waals surface area contributed by atoms with Crippen molar-refractivity contribution < 1.29 is 22.8 Å². The molecule has 222 valence electrons. The van der Waals surface area contributed by atoms with E-state index >= 15 is 0 Å². The molecule has 0 bridgehead atoms. The van der Waals surface area contributed by atoms with Gasteiger partial charge in [0.1, 0.15) is 9.96 Å². The molecule has 0 saturated carbocycles. The summed E-state index contributed by atoms with van der Waals surface area (Å²) in [6.07, 6.45) is 4.93. The van der Waals surface area contributed by atoms with Crippen molar-refractivity contribution in [3.05, 3.63) is 75.1 Å². The van der Waals surface area contributed by atoms with Crippen LogP contribution in [0.1, 0.15) is 52.0 Å². The number of hydrogen-bond acceptors (Lipinski definition) is 8. The summed E-state index contributed by atoms with van der Waals surface area (Å²) < 4.78 is 25.3. The Morgan fingerprint density at radius 3 is 2.45 bits per heavy atom. The quantitative estimate of drug-likeness (QED) is 0.227. The molecule has 1 fully saturated rings. The van der Waals surface area contributed by atoms with E-state index in [1.54, 1.807) is 37.3 Å². The largest absolute Gasteiger partial charge is 0.385 e. The molecule has 5 rings (SSSR count). The maximum atomic E-state index is 13.3. The van der Waals surface area contributed by atoms with Crippen LogP contribution in [0.4, 0.5) is 11.4 Å². The van der Waals surface area contributed by atoms with Crippen molar-refractivity contribution in [3.63, 3.8) is 0 Å². The highest BCUT2D eigenvalue weighted by Crippen LogP contribution is 2.31. The van der Waals surface area contributed by atoms with Gasteiger partial charge in [-0.1, -0.05) is 30.2 Å². The zero-order chi connectivity index (χ0) is 29.9. The van der Waals surface area contributed by atoms with E-state index in [9.17, 15) is 22.8 Å². The Morgan fingerprint density at radius 2 is 1.76 bits per heavy atom. The molecule has 1 aromatic heterocycles. The first kappa shape index (κ1) is 30.4. The Balaban J connectivity index is 1.18. The lowest BCUT2D eigenvalue weighted by atomic mass is 9.97. The summed E-state index contributed by atoms with van der Waals surface area (Å²) in [6, 6.07) is 13.4. The third-order valence-corrected chi connectivity index (χ3v) is 11.4. The summed E-state index contributed by atoms with van der Waals surface area (Å²) in [5, 5.41) is 3.78. The van der Waals surface area contributed by atoms with Crippen LogP contribution in [0, 0.1) is 6.92 Å². The highest BCUT2D eigenvalue weighted by atomic mass is 35.5. The van der Waals surface area contributed by atoms with Gasteiger partial charge in [0.05, 0.1) is 17.1 Å². The normalized spacial score (nSPS) is 16.0. The van der Waals surface area contributed by atoms with Crippen LogP contribution in [-0.2, 0) is 32.3 Å². The lowest BCUT2D eigenvalue weighted by Gasteiger charge is -2.27. The van der Waals surface area contributed by atoms with E-state index in [1.165, 1.54) is 38.4 Å². The molecule has 42 heavy (non-hydrogen) atoms. The number of imide groups is 1. The van der Waals surface area contributed by atoms with Crippen molar-refractivity contribution in [3.8, 4) is 0 Å². The summed E-state index contributed by atoms with van der Waals surface area (Å²) in [5.41, 5.74) is 3.08. The molecule has 2 aliphatic rings. The Morgan fingerprint density at radius 1 is 1.02 bits per heavy atom. The third kappa shape index (κ3) is 7.11. The van der Waals surface area contributed by atoms with Crippen LogP contribution < -0.4 is 10.2 Å². The Bertz CT molecular complexity index is 1580. The second-order valence-corrected chi connectivity index (χ2v) is 14.8. The van der Waals surface area contributed by atoms with Crippen LogP contribution in [0.15, 0.2) is 52.7 Å². The van der Waals surface area contributed by atoms with E-state index in [4.69, 9.17) is 11.6 Å². The van der Waals surface area contributed by atoms with E-state index < -0.39 is 27.3 Å². The number of carbonyl (C=O) groups excluding carboxylic acids is 3. The van der Waals surface area contributed by atoms with Crippen molar-refractivity contribution in [2.24, 2.45) is 0 Å². The molecule has 1 saturated heterocycles. The number of anilines is 2.